The van der Waals surface area contributed by atoms with Crippen molar-refractivity contribution >= 4 is 17.5 Å². The molecule has 0 radical (unpaired) electrons. The van der Waals surface area contributed by atoms with Gasteiger partial charge in [-0.25, -0.2) is 4.98 Å². The summed E-state index contributed by atoms with van der Waals surface area (Å²) in [5.74, 6) is 1.04. The fourth-order valence-corrected chi connectivity index (χ4v) is 2.51. The Morgan fingerprint density at radius 3 is 3.00 bits per heavy atom. The van der Waals surface area contributed by atoms with Crippen LogP contribution in [0.5, 0.6) is 0 Å². The Kier molecular flexibility index (Phi) is 3.25. The van der Waals surface area contributed by atoms with E-state index >= 15 is 0 Å². The maximum absolute atomic E-state index is 12.3. The number of rotatable bonds is 2. The Bertz CT molecular complexity index is 608. The lowest BCUT2D eigenvalue weighted by atomic mass is 10.1. The number of aromatic nitrogens is 2. The van der Waals surface area contributed by atoms with Crippen LogP contribution in [0.15, 0.2) is 36.7 Å². The number of nitrogens with zero attached hydrogens (tertiary/aromatic N) is 3. The van der Waals surface area contributed by atoms with Crippen molar-refractivity contribution < 1.29 is 4.79 Å². The topological polar surface area (TPSA) is 38.1 Å². The van der Waals surface area contributed by atoms with Crippen LogP contribution in [0, 0.1) is 0 Å². The second-order valence-electron chi connectivity index (χ2n) is 4.62. The van der Waals surface area contributed by atoms with Crippen LogP contribution in [0.2, 0.25) is 5.02 Å². The largest absolute Gasteiger partial charge is 0.333 e. The van der Waals surface area contributed by atoms with Gasteiger partial charge in [-0.1, -0.05) is 29.8 Å². The van der Waals surface area contributed by atoms with Crippen molar-refractivity contribution in [1.82, 2.24) is 14.5 Å². The molecule has 0 fully saturated rings. The van der Waals surface area contributed by atoms with E-state index in [0.717, 1.165) is 24.5 Å². The number of carbonyl (C=O) groups is 1. The molecule has 2 aromatic rings. The number of imidazole rings is 1. The quantitative estimate of drug-likeness (QED) is 0.842. The van der Waals surface area contributed by atoms with Crippen LogP contribution >= 0.6 is 11.6 Å². The summed E-state index contributed by atoms with van der Waals surface area (Å²) in [5, 5.41) is 0.648. The minimum absolute atomic E-state index is 0.0994. The molecule has 0 N–H and O–H groups in total. The summed E-state index contributed by atoms with van der Waals surface area (Å²) in [6.07, 6.45) is 4.07. The number of halogens is 1. The average Bonchev–Trinajstić information content (AvgIpc) is 2.88. The fourth-order valence-electron chi connectivity index (χ4n) is 2.30. The van der Waals surface area contributed by atoms with E-state index < -0.39 is 0 Å². The molecule has 0 aliphatic carbocycles. The molecule has 0 spiro atoms. The molecular weight excluding hydrogens is 262 g/mol. The molecule has 4 nitrogen and oxygen atoms in total. The summed E-state index contributed by atoms with van der Waals surface area (Å²) in [6.45, 7) is 2.12. The van der Waals surface area contributed by atoms with Gasteiger partial charge in [-0.3, -0.25) is 4.79 Å². The minimum atomic E-state index is 0.0994. The number of hydrogen-bond donors (Lipinski definition) is 0. The first-order valence-corrected chi connectivity index (χ1v) is 6.63. The van der Waals surface area contributed by atoms with Crippen LogP contribution < -0.4 is 0 Å². The molecule has 0 saturated heterocycles. The Labute approximate surface area is 116 Å². The van der Waals surface area contributed by atoms with Crippen LogP contribution in [-0.4, -0.2) is 26.9 Å². The Morgan fingerprint density at radius 2 is 2.16 bits per heavy atom. The molecule has 0 saturated carbocycles. The van der Waals surface area contributed by atoms with Gasteiger partial charge < -0.3 is 9.47 Å². The minimum Gasteiger partial charge on any atom is -0.333 e. The van der Waals surface area contributed by atoms with Gasteiger partial charge in [0, 0.05) is 30.5 Å². The number of amides is 1. The van der Waals surface area contributed by atoms with Crippen molar-refractivity contribution in [1.29, 1.82) is 0 Å². The van der Waals surface area contributed by atoms with E-state index in [9.17, 15) is 4.79 Å². The summed E-state index contributed by atoms with van der Waals surface area (Å²) in [4.78, 5) is 18.4. The van der Waals surface area contributed by atoms with Crippen molar-refractivity contribution in [3.63, 3.8) is 0 Å². The highest BCUT2D eigenvalue weighted by atomic mass is 35.5. The first-order chi connectivity index (χ1) is 9.24. The van der Waals surface area contributed by atoms with Crippen LogP contribution in [0.25, 0.3) is 0 Å². The molecule has 0 unspecified atom stereocenters. The lowest BCUT2D eigenvalue weighted by Gasteiger charge is -2.27. The number of carbonyl (C=O) groups excluding carboxylic acids is 1. The van der Waals surface area contributed by atoms with E-state index in [1.165, 1.54) is 0 Å². The van der Waals surface area contributed by atoms with E-state index in [0.29, 0.717) is 18.0 Å². The summed E-state index contributed by atoms with van der Waals surface area (Å²) in [5.41, 5.74) is 0.878. The standard InChI is InChI=1S/C14H14ClN3O/c15-12-4-2-1-3-11(12)9-14(19)18-8-7-17-6-5-16-13(17)10-18/h1-6H,7-10H2. The average molecular weight is 276 g/mol. The van der Waals surface area contributed by atoms with Crippen LogP contribution in [0.1, 0.15) is 11.4 Å². The van der Waals surface area contributed by atoms with Gasteiger partial charge in [0.2, 0.25) is 5.91 Å². The zero-order chi connectivity index (χ0) is 13.2. The maximum Gasteiger partial charge on any atom is 0.227 e. The van der Waals surface area contributed by atoms with E-state index in [1.54, 1.807) is 6.20 Å². The summed E-state index contributed by atoms with van der Waals surface area (Å²) < 4.78 is 2.08. The molecule has 1 aliphatic heterocycles. The van der Waals surface area contributed by atoms with Gasteiger partial charge in [0.05, 0.1) is 13.0 Å². The van der Waals surface area contributed by atoms with Crippen LogP contribution in [0.4, 0.5) is 0 Å². The van der Waals surface area contributed by atoms with Gasteiger partial charge >= 0.3 is 0 Å². The lowest BCUT2D eigenvalue weighted by Crippen LogP contribution is -2.39. The van der Waals surface area contributed by atoms with Crippen LogP contribution in [0.3, 0.4) is 0 Å². The van der Waals surface area contributed by atoms with Crippen molar-refractivity contribution in [3.05, 3.63) is 53.1 Å². The molecule has 1 amide bonds. The summed E-state index contributed by atoms with van der Waals surface area (Å²) in [6, 6.07) is 7.48. The second kappa shape index (κ2) is 5.05. The highest BCUT2D eigenvalue weighted by Crippen LogP contribution is 2.18. The highest BCUT2D eigenvalue weighted by molar-refractivity contribution is 6.31. The molecule has 1 aromatic heterocycles. The zero-order valence-electron chi connectivity index (χ0n) is 10.4. The smallest absolute Gasteiger partial charge is 0.227 e. The van der Waals surface area contributed by atoms with Gasteiger partial charge in [-0.05, 0) is 11.6 Å². The lowest BCUT2D eigenvalue weighted by molar-refractivity contribution is -0.132. The number of hydrogen-bond acceptors (Lipinski definition) is 2. The van der Waals surface area contributed by atoms with Gasteiger partial charge in [0.15, 0.2) is 0 Å². The summed E-state index contributed by atoms with van der Waals surface area (Å²) >= 11 is 6.08. The van der Waals surface area contributed by atoms with Gasteiger partial charge in [-0.2, -0.15) is 0 Å². The predicted octanol–water partition coefficient (Wildman–Crippen LogP) is 2.12. The Hall–Kier alpha value is -1.81. The highest BCUT2D eigenvalue weighted by Gasteiger charge is 2.21. The van der Waals surface area contributed by atoms with Gasteiger partial charge in [0.25, 0.3) is 0 Å². The van der Waals surface area contributed by atoms with Crippen molar-refractivity contribution in [2.75, 3.05) is 6.54 Å². The monoisotopic (exact) mass is 275 g/mol. The van der Waals surface area contributed by atoms with Crippen molar-refractivity contribution in [2.45, 2.75) is 19.5 Å². The first-order valence-electron chi connectivity index (χ1n) is 6.25. The molecule has 1 aromatic carbocycles. The predicted molar refractivity (Wildman–Crippen MR) is 72.8 cm³/mol. The maximum atomic E-state index is 12.3. The van der Waals surface area contributed by atoms with Crippen molar-refractivity contribution in [3.8, 4) is 0 Å². The molecular formula is C14H14ClN3O. The molecule has 3 rings (SSSR count). The third-order valence-corrected chi connectivity index (χ3v) is 3.77. The molecule has 0 atom stereocenters. The molecule has 98 valence electrons. The Balaban J connectivity index is 1.71. The third kappa shape index (κ3) is 2.49. The molecule has 2 heterocycles. The summed E-state index contributed by atoms with van der Waals surface area (Å²) in [7, 11) is 0. The molecule has 5 heteroatoms. The van der Waals surface area contributed by atoms with E-state index in [1.807, 2.05) is 35.4 Å². The van der Waals surface area contributed by atoms with Crippen molar-refractivity contribution in [2.24, 2.45) is 0 Å². The fraction of sp³-hybridized carbons (Fsp3) is 0.286. The number of benzene rings is 1. The Morgan fingerprint density at radius 1 is 1.32 bits per heavy atom. The molecule has 19 heavy (non-hydrogen) atoms. The normalized spacial score (nSPS) is 14.3. The molecule has 1 aliphatic rings. The van der Waals surface area contributed by atoms with E-state index in [4.69, 9.17) is 11.6 Å². The first kappa shape index (κ1) is 12.2. The molecule has 0 bridgehead atoms. The van der Waals surface area contributed by atoms with Crippen LogP contribution in [-0.2, 0) is 24.3 Å². The zero-order valence-corrected chi connectivity index (χ0v) is 11.2. The second-order valence-corrected chi connectivity index (χ2v) is 5.03. The number of fused-ring (bicyclic) bond motifs is 1. The van der Waals surface area contributed by atoms with Gasteiger partial charge in [0.1, 0.15) is 5.82 Å². The SMILES string of the molecule is O=C(Cc1ccccc1Cl)N1CCn2ccnc2C1. The van der Waals surface area contributed by atoms with Gasteiger partial charge in [-0.15, -0.1) is 0 Å². The van der Waals surface area contributed by atoms with E-state index in [-0.39, 0.29) is 5.91 Å². The third-order valence-electron chi connectivity index (χ3n) is 3.40. The van der Waals surface area contributed by atoms with E-state index in [2.05, 4.69) is 9.55 Å².